The molecule has 1 aromatic carbocycles. The van der Waals surface area contributed by atoms with E-state index in [9.17, 15) is 0 Å². The number of allylic oxidation sites excluding steroid dienone is 1. The van der Waals surface area contributed by atoms with Gasteiger partial charge >= 0.3 is 0 Å². The molecule has 0 aliphatic carbocycles. The second kappa shape index (κ2) is 9.44. The summed E-state index contributed by atoms with van der Waals surface area (Å²) in [5.74, 6) is 0. The molecule has 130 valence electrons. The van der Waals surface area contributed by atoms with E-state index in [1.165, 1.54) is 31.2 Å². The Morgan fingerprint density at radius 1 is 1.04 bits per heavy atom. The van der Waals surface area contributed by atoms with Crippen LogP contribution in [0, 0.1) is 0 Å². The largest absolute Gasteiger partial charge is 0.407 e. The van der Waals surface area contributed by atoms with Gasteiger partial charge in [-0.05, 0) is 36.5 Å². The molecule has 0 radical (unpaired) electrons. The molecule has 1 atom stereocenters. The molecule has 1 nitrogen and oxygen atoms in total. The lowest BCUT2D eigenvalue weighted by atomic mass is 10.1. The minimum absolute atomic E-state index is 0.0864. The minimum Gasteiger partial charge on any atom is -0.407 e. The van der Waals surface area contributed by atoms with Gasteiger partial charge in [-0.2, -0.15) is 0 Å². The van der Waals surface area contributed by atoms with Crippen LogP contribution in [0.25, 0.3) is 0 Å². The van der Waals surface area contributed by atoms with Crippen LogP contribution in [0.2, 0.25) is 18.1 Å². The molecule has 23 heavy (non-hydrogen) atoms. The number of hydrogen-bond acceptors (Lipinski definition) is 1. The Morgan fingerprint density at radius 2 is 1.70 bits per heavy atom. The third kappa shape index (κ3) is 7.05. The highest BCUT2D eigenvalue weighted by atomic mass is 28.4. The van der Waals surface area contributed by atoms with Gasteiger partial charge in [-0.3, -0.25) is 0 Å². The quantitative estimate of drug-likeness (QED) is 0.262. The van der Waals surface area contributed by atoms with E-state index in [-0.39, 0.29) is 11.1 Å². The molecule has 0 saturated carbocycles. The predicted octanol–water partition coefficient (Wildman–Crippen LogP) is 7.28. The van der Waals surface area contributed by atoms with Crippen LogP contribution in [0.3, 0.4) is 0 Å². The van der Waals surface area contributed by atoms with Crippen LogP contribution in [0.15, 0.2) is 42.5 Å². The van der Waals surface area contributed by atoms with Crippen molar-refractivity contribution < 1.29 is 4.43 Å². The van der Waals surface area contributed by atoms with Crippen LogP contribution >= 0.6 is 0 Å². The highest BCUT2D eigenvalue weighted by Gasteiger charge is 2.38. The van der Waals surface area contributed by atoms with E-state index >= 15 is 0 Å². The maximum atomic E-state index is 6.67. The fourth-order valence-electron chi connectivity index (χ4n) is 2.26. The molecule has 0 fully saturated rings. The van der Waals surface area contributed by atoms with Gasteiger partial charge in [0.25, 0.3) is 0 Å². The van der Waals surface area contributed by atoms with Crippen LogP contribution in [0.5, 0.6) is 0 Å². The molecule has 0 amide bonds. The molecule has 0 spiro atoms. The topological polar surface area (TPSA) is 9.23 Å². The van der Waals surface area contributed by atoms with Gasteiger partial charge in [-0.15, -0.1) is 0 Å². The summed E-state index contributed by atoms with van der Waals surface area (Å²) in [6.07, 6.45) is 11.1. The summed E-state index contributed by atoms with van der Waals surface area (Å²) in [7, 11) is -1.78. The van der Waals surface area contributed by atoms with Crippen LogP contribution in [0.4, 0.5) is 0 Å². The first-order valence-electron chi connectivity index (χ1n) is 9.17. The van der Waals surface area contributed by atoms with Crippen molar-refractivity contribution in [2.75, 3.05) is 0 Å². The lowest BCUT2D eigenvalue weighted by Gasteiger charge is -2.38. The van der Waals surface area contributed by atoms with E-state index in [1.807, 2.05) is 0 Å². The summed E-state index contributed by atoms with van der Waals surface area (Å²) in [5, 5.41) is 0.231. The molecule has 1 aromatic rings. The summed E-state index contributed by atoms with van der Waals surface area (Å²) in [6, 6.07) is 10.6. The molecule has 0 saturated heterocycles. The fraction of sp³-hybridized carbons (Fsp3) is 0.619. The number of hydrogen-bond donors (Lipinski definition) is 0. The van der Waals surface area contributed by atoms with E-state index in [4.69, 9.17) is 4.43 Å². The molecule has 0 aliphatic rings. The van der Waals surface area contributed by atoms with Gasteiger partial charge in [0.15, 0.2) is 8.32 Å². The van der Waals surface area contributed by atoms with Crippen molar-refractivity contribution in [2.45, 2.75) is 84.0 Å². The zero-order valence-corrected chi connectivity index (χ0v) is 17.1. The molecule has 0 aliphatic heterocycles. The second-order valence-electron chi connectivity index (χ2n) is 7.99. The van der Waals surface area contributed by atoms with Gasteiger partial charge in [0.05, 0.1) is 6.10 Å². The van der Waals surface area contributed by atoms with Gasteiger partial charge in [0.2, 0.25) is 0 Å². The van der Waals surface area contributed by atoms with Crippen molar-refractivity contribution in [3.63, 3.8) is 0 Å². The molecule has 0 aromatic heterocycles. The molecule has 2 heteroatoms. The fourth-order valence-corrected chi connectivity index (χ4v) is 3.47. The zero-order valence-electron chi connectivity index (χ0n) is 16.1. The summed E-state index contributed by atoms with van der Waals surface area (Å²) in [5.41, 5.74) is 1.27. The Hall–Kier alpha value is -0.863. The lowest BCUT2D eigenvalue weighted by Crippen LogP contribution is -2.41. The van der Waals surface area contributed by atoms with Crippen LogP contribution in [0.1, 0.15) is 71.5 Å². The van der Waals surface area contributed by atoms with E-state index in [0.717, 1.165) is 6.42 Å². The Balaban J connectivity index is 2.77. The Morgan fingerprint density at radius 3 is 2.26 bits per heavy atom. The Bertz CT molecular complexity index is 456. The van der Waals surface area contributed by atoms with Crippen molar-refractivity contribution in [1.82, 2.24) is 0 Å². The number of rotatable bonds is 9. The van der Waals surface area contributed by atoms with Gasteiger partial charge in [0, 0.05) is 0 Å². The third-order valence-electron chi connectivity index (χ3n) is 4.89. The summed E-state index contributed by atoms with van der Waals surface area (Å²) in [4.78, 5) is 0. The minimum atomic E-state index is -1.78. The molecule has 1 rings (SSSR count). The smallest absolute Gasteiger partial charge is 0.193 e. The highest BCUT2D eigenvalue weighted by molar-refractivity contribution is 6.74. The molecular weight excluding hydrogens is 296 g/mol. The van der Waals surface area contributed by atoms with Gasteiger partial charge in [-0.25, -0.2) is 0 Å². The van der Waals surface area contributed by atoms with Crippen molar-refractivity contribution in [3.8, 4) is 0 Å². The van der Waals surface area contributed by atoms with E-state index in [0.29, 0.717) is 0 Å². The van der Waals surface area contributed by atoms with Crippen molar-refractivity contribution in [2.24, 2.45) is 0 Å². The SMILES string of the molecule is CCCCCC/C=C\C(O[Si](C)(C)C(C)(C)C)c1ccccc1. The first-order valence-corrected chi connectivity index (χ1v) is 12.1. The summed E-state index contributed by atoms with van der Waals surface area (Å²) < 4.78 is 6.67. The van der Waals surface area contributed by atoms with E-state index in [1.54, 1.807) is 0 Å². The van der Waals surface area contributed by atoms with Gasteiger partial charge in [-0.1, -0.05) is 89.4 Å². The van der Waals surface area contributed by atoms with Gasteiger partial charge in [0.1, 0.15) is 0 Å². The Labute approximate surface area is 145 Å². The van der Waals surface area contributed by atoms with Crippen molar-refractivity contribution in [1.29, 1.82) is 0 Å². The Kier molecular flexibility index (Phi) is 8.28. The predicted molar refractivity (Wildman–Crippen MR) is 105 cm³/mol. The number of unbranched alkanes of at least 4 members (excludes halogenated alkanes) is 4. The van der Waals surface area contributed by atoms with Crippen molar-refractivity contribution in [3.05, 3.63) is 48.0 Å². The monoisotopic (exact) mass is 332 g/mol. The summed E-state index contributed by atoms with van der Waals surface area (Å²) >= 11 is 0. The zero-order chi connectivity index (χ0) is 17.3. The number of benzene rings is 1. The van der Waals surface area contributed by atoms with Crippen LogP contribution < -0.4 is 0 Å². The van der Waals surface area contributed by atoms with E-state index in [2.05, 4.69) is 83.3 Å². The van der Waals surface area contributed by atoms with Gasteiger partial charge < -0.3 is 4.43 Å². The molecule has 0 bridgehead atoms. The molecule has 0 heterocycles. The second-order valence-corrected chi connectivity index (χ2v) is 12.7. The lowest BCUT2D eigenvalue weighted by molar-refractivity contribution is 0.229. The molecule has 1 unspecified atom stereocenters. The maximum absolute atomic E-state index is 6.67. The highest BCUT2D eigenvalue weighted by Crippen LogP contribution is 2.40. The average molecular weight is 333 g/mol. The molecule has 0 N–H and O–H groups in total. The van der Waals surface area contributed by atoms with E-state index < -0.39 is 8.32 Å². The summed E-state index contributed by atoms with van der Waals surface area (Å²) in [6.45, 7) is 13.8. The van der Waals surface area contributed by atoms with Crippen LogP contribution in [-0.4, -0.2) is 8.32 Å². The first-order chi connectivity index (χ1) is 10.8. The maximum Gasteiger partial charge on any atom is 0.193 e. The molecular formula is C21H36OSi. The normalized spacial score (nSPS) is 14.3. The third-order valence-corrected chi connectivity index (χ3v) is 9.35. The standard InChI is InChI=1S/C21H36OSi/c1-7-8-9-10-11-15-18-20(19-16-13-12-14-17-19)22-23(5,6)21(2,3)4/h12-18,20H,7-11H2,1-6H3/b18-15-. The average Bonchev–Trinajstić information content (AvgIpc) is 2.49. The van der Waals surface area contributed by atoms with Crippen LogP contribution in [-0.2, 0) is 4.43 Å². The van der Waals surface area contributed by atoms with Crippen molar-refractivity contribution >= 4 is 8.32 Å². The first kappa shape index (κ1) is 20.2.